The third kappa shape index (κ3) is 3.45. The quantitative estimate of drug-likeness (QED) is 0.778. The molecule has 1 N–H and O–H groups in total. The number of carbonyl (C=O) groups is 1. The molecule has 3 rings (SSSR count). The Kier molecular flexibility index (Phi) is 4.65. The number of halogens is 1. The summed E-state index contributed by atoms with van der Waals surface area (Å²) in [6.45, 7) is 5.59. The Morgan fingerprint density at radius 1 is 1.08 bits per heavy atom. The van der Waals surface area contributed by atoms with Crippen LogP contribution in [0.2, 0.25) is 0 Å². The van der Waals surface area contributed by atoms with Crippen molar-refractivity contribution in [3.8, 4) is 5.69 Å². The highest BCUT2D eigenvalue weighted by molar-refractivity contribution is 5.96. The third-order valence-corrected chi connectivity index (χ3v) is 4.24. The minimum Gasteiger partial charge on any atom is -0.345 e. The summed E-state index contributed by atoms with van der Waals surface area (Å²) in [6.07, 6.45) is 0. The molecule has 0 saturated carbocycles. The van der Waals surface area contributed by atoms with Crippen LogP contribution < -0.4 is 5.32 Å². The van der Waals surface area contributed by atoms with E-state index in [1.165, 1.54) is 12.1 Å². The molecular weight excluding hydrogens is 317 g/mol. The Labute approximate surface area is 146 Å². The maximum absolute atomic E-state index is 13.1. The Hall–Kier alpha value is -2.95. The summed E-state index contributed by atoms with van der Waals surface area (Å²) < 4.78 is 14.8. The fraction of sp³-hybridized carbons (Fsp3) is 0.200. The largest absolute Gasteiger partial charge is 0.345 e. The van der Waals surface area contributed by atoms with Crippen LogP contribution in [-0.2, 0) is 0 Å². The van der Waals surface area contributed by atoms with E-state index in [1.54, 1.807) is 23.7 Å². The molecular formula is C20H20FN3O. The molecule has 0 radical (unpaired) electrons. The number of carbonyl (C=O) groups excluding carboxylic acids is 1. The lowest BCUT2D eigenvalue weighted by atomic mass is 10.1. The van der Waals surface area contributed by atoms with Crippen molar-refractivity contribution in [1.29, 1.82) is 0 Å². The zero-order valence-electron chi connectivity index (χ0n) is 14.5. The highest BCUT2D eigenvalue weighted by atomic mass is 19.1. The van der Waals surface area contributed by atoms with Crippen molar-refractivity contribution in [1.82, 2.24) is 15.1 Å². The van der Waals surface area contributed by atoms with E-state index < -0.39 is 0 Å². The lowest BCUT2D eigenvalue weighted by Crippen LogP contribution is -2.27. The number of benzene rings is 2. The average molecular weight is 337 g/mol. The normalized spacial score (nSPS) is 12.0. The van der Waals surface area contributed by atoms with E-state index in [1.807, 2.05) is 44.2 Å². The molecule has 0 fully saturated rings. The van der Waals surface area contributed by atoms with Gasteiger partial charge in [0.15, 0.2) is 0 Å². The first-order valence-electron chi connectivity index (χ1n) is 8.15. The molecule has 0 bridgehead atoms. The van der Waals surface area contributed by atoms with E-state index in [0.29, 0.717) is 11.3 Å². The van der Waals surface area contributed by atoms with Crippen LogP contribution in [0.3, 0.4) is 0 Å². The van der Waals surface area contributed by atoms with Gasteiger partial charge in [0.05, 0.1) is 28.7 Å². The van der Waals surface area contributed by atoms with E-state index >= 15 is 0 Å². The standard InChI is InChI=1S/C20H20FN3O/c1-13(16-7-5-4-6-8-16)22-20(25)19-14(2)23-24(15(19)3)18-11-9-17(21)10-12-18/h4-13H,1-3H3,(H,22,25). The molecule has 1 aromatic heterocycles. The average Bonchev–Trinajstić information content (AvgIpc) is 2.91. The van der Waals surface area contributed by atoms with Crippen molar-refractivity contribution in [2.45, 2.75) is 26.8 Å². The van der Waals surface area contributed by atoms with Crippen molar-refractivity contribution in [3.05, 3.63) is 82.9 Å². The molecule has 0 aliphatic carbocycles. The Morgan fingerprint density at radius 3 is 2.36 bits per heavy atom. The van der Waals surface area contributed by atoms with Gasteiger partial charge in [0.25, 0.3) is 5.91 Å². The predicted molar refractivity (Wildman–Crippen MR) is 95.3 cm³/mol. The minimum atomic E-state index is -0.306. The van der Waals surface area contributed by atoms with Crippen LogP contribution in [0.1, 0.15) is 40.3 Å². The van der Waals surface area contributed by atoms with Crippen LogP contribution in [0.5, 0.6) is 0 Å². The Bertz CT molecular complexity index is 885. The molecule has 0 aliphatic rings. The van der Waals surface area contributed by atoms with Crippen LogP contribution in [-0.4, -0.2) is 15.7 Å². The van der Waals surface area contributed by atoms with Gasteiger partial charge in [-0.05, 0) is 50.6 Å². The Morgan fingerprint density at radius 2 is 1.72 bits per heavy atom. The fourth-order valence-corrected chi connectivity index (χ4v) is 2.90. The summed E-state index contributed by atoms with van der Waals surface area (Å²) >= 11 is 0. The van der Waals surface area contributed by atoms with Crippen molar-refractivity contribution in [2.24, 2.45) is 0 Å². The molecule has 1 heterocycles. The number of hydrogen-bond acceptors (Lipinski definition) is 2. The van der Waals surface area contributed by atoms with Gasteiger partial charge in [-0.2, -0.15) is 5.10 Å². The topological polar surface area (TPSA) is 46.9 Å². The first-order valence-corrected chi connectivity index (χ1v) is 8.15. The lowest BCUT2D eigenvalue weighted by molar-refractivity contribution is 0.0938. The van der Waals surface area contributed by atoms with Gasteiger partial charge in [-0.1, -0.05) is 30.3 Å². The minimum absolute atomic E-state index is 0.110. The zero-order valence-corrected chi connectivity index (χ0v) is 14.5. The number of hydrogen-bond donors (Lipinski definition) is 1. The van der Waals surface area contributed by atoms with E-state index in [2.05, 4.69) is 10.4 Å². The van der Waals surface area contributed by atoms with Gasteiger partial charge < -0.3 is 5.32 Å². The third-order valence-electron chi connectivity index (χ3n) is 4.24. The van der Waals surface area contributed by atoms with Crippen LogP contribution >= 0.6 is 0 Å². The molecule has 4 nitrogen and oxygen atoms in total. The monoisotopic (exact) mass is 337 g/mol. The van der Waals surface area contributed by atoms with Crippen LogP contribution in [0.15, 0.2) is 54.6 Å². The second-order valence-electron chi connectivity index (χ2n) is 6.04. The second-order valence-corrected chi connectivity index (χ2v) is 6.04. The van der Waals surface area contributed by atoms with Crippen molar-refractivity contribution in [2.75, 3.05) is 0 Å². The molecule has 1 atom stereocenters. The summed E-state index contributed by atoms with van der Waals surface area (Å²) in [5.41, 5.74) is 3.67. The van der Waals surface area contributed by atoms with Gasteiger partial charge in [-0.3, -0.25) is 4.79 Å². The van der Waals surface area contributed by atoms with Crippen LogP contribution in [0, 0.1) is 19.7 Å². The highest BCUT2D eigenvalue weighted by Gasteiger charge is 2.21. The van der Waals surface area contributed by atoms with Crippen LogP contribution in [0.4, 0.5) is 4.39 Å². The summed E-state index contributed by atoms with van der Waals surface area (Å²) in [6, 6.07) is 15.7. The predicted octanol–water partition coefficient (Wildman–Crippen LogP) is 4.12. The van der Waals surface area contributed by atoms with E-state index in [4.69, 9.17) is 0 Å². The molecule has 1 amide bonds. The fourth-order valence-electron chi connectivity index (χ4n) is 2.90. The number of amides is 1. The summed E-state index contributed by atoms with van der Waals surface area (Å²) in [5, 5.41) is 7.46. The van der Waals surface area contributed by atoms with Crippen molar-refractivity contribution < 1.29 is 9.18 Å². The number of nitrogens with zero attached hydrogens (tertiary/aromatic N) is 2. The SMILES string of the molecule is Cc1nn(-c2ccc(F)cc2)c(C)c1C(=O)NC(C)c1ccccc1. The molecule has 0 spiro atoms. The van der Waals surface area contributed by atoms with Crippen molar-refractivity contribution >= 4 is 5.91 Å². The van der Waals surface area contributed by atoms with Gasteiger partial charge in [0.2, 0.25) is 0 Å². The smallest absolute Gasteiger partial charge is 0.255 e. The van der Waals surface area contributed by atoms with Gasteiger partial charge >= 0.3 is 0 Å². The maximum atomic E-state index is 13.1. The highest BCUT2D eigenvalue weighted by Crippen LogP contribution is 2.20. The summed E-state index contributed by atoms with van der Waals surface area (Å²) in [5.74, 6) is -0.473. The molecule has 0 aliphatic heterocycles. The first kappa shape index (κ1) is 16.9. The van der Waals surface area contributed by atoms with Crippen LogP contribution in [0.25, 0.3) is 5.69 Å². The molecule has 128 valence electrons. The molecule has 5 heteroatoms. The summed E-state index contributed by atoms with van der Waals surface area (Å²) in [4.78, 5) is 12.7. The number of aryl methyl sites for hydroxylation is 1. The molecule has 0 saturated heterocycles. The van der Waals surface area contributed by atoms with Gasteiger partial charge in [0.1, 0.15) is 5.82 Å². The number of nitrogens with one attached hydrogen (secondary N) is 1. The molecule has 1 unspecified atom stereocenters. The zero-order chi connectivity index (χ0) is 18.0. The van der Waals surface area contributed by atoms with E-state index in [0.717, 1.165) is 16.9 Å². The first-order chi connectivity index (χ1) is 12.0. The Balaban J connectivity index is 1.87. The second kappa shape index (κ2) is 6.89. The number of rotatable bonds is 4. The van der Waals surface area contributed by atoms with Gasteiger partial charge in [-0.15, -0.1) is 0 Å². The maximum Gasteiger partial charge on any atom is 0.255 e. The molecule has 2 aromatic carbocycles. The summed E-state index contributed by atoms with van der Waals surface area (Å²) in [7, 11) is 0. The lowest BCUT2D eigenvalue weighted by Gasteiger charge is -2.14. The molecule has 25 heavy (non-hydrogen) atoms. The van der Waals surface area contributed by atoms with Gasteiger partial charge in [-0.25, -0.2) is 9.07 Å². The van der Waals surface area contributed by atoms with Crippen molar-refractivity contribution in [3.63, 3.8) is 0 Å². The van der Waals surface area contributed by atoms with Gasteiger partial charge in [0, 0.05) is 0 Å². The van der Waals surface area contributed by atoms with E-state index in [9.17, 15) is 9.18 Å². The van der Waals surface area contributed by atoms with E-state index in [-0.39, 0.29) is 17.8 Å². The molecule has 3 aromatic rings. The number of aromatic nitrogens is 2.